The van der Waals surface area contributed by atoms with E-state index in [0.717, 1.165) is 30.2 Å². The molecule has 4 nitrogen and oxygen atoms in total. The zero-order valence-corrected chi connectivity index (χ0v) is 12.8. The number of nitrogens with zero attached hydrogens (tertiary/aromatic N) is 2. The maximum absolute atomic E-state index is 6.10. The summed E-state index contributed by atoms with van der Waals surface area (Å²) < 4.78 is 1.96. The van der Waals surface area contributed by atoms with Gasteiger partial charge in [0.25, 0.3) is 0 Å². The van der Waals surface area contributed by atoms with Gasteiger partial charge in [-0.1, -0.05) is 29.8 Å². The normalized spacial score (nSPS) is 11.1. The summed E-state index contributed by atoms with van der Waals surface area (Å²) in [5.74, 6) is 0.935. The Morgan fingerprint density at radius 1 is 1.30 bits per heavy atom. The Kier molecular flexibility index (Phi) is 4.32. The van der Waals surface area contributed by atoms with E-state index in [-0.39, 0.29) is 0 Å². The molecule has 0 aliphatic heterocycles. The molecule has 0 saturated heterocycles. The van der Waals surface area contributed by atoms with Crippen LogP contribution in [0.4, 0.5) is 11.5 Å². The minimum absolute atomic E-state index is 0.299. The summed E-state index contributed by atoms with van der Waals surface area (Å²) in [5.41, 5.74) is 10.4. The van der Waals surface area contributed by atoms with Crippen LogP contribution < -0.4 is 11.1 Å². The van der Waals surface area contributed by atoms with Gasteiger partial charge in [-0.3, -0.25) is 0 Å². The molecular formula is C16H24N4. The summed E-state index contributed by atoms with van der Waals surface area (Å²) in [6.07, 6.45) is 0.976. The number of aromatic nitrogens is 2. The van der Waals surface area contributed by atoms with E-state index in [4.69, 9.17) is 5.73 Å². The summed E-state index contributed by atoms with van der Waals surface area (Å²) in [5, 5.41) is 7.91. The highest BCUT2D eigenvalue weighted by Gasteiger charge is 2.13. The van der Waals surface area contributed by atoms with Gasteiger partial charge < -0.3 is 11.1 Å². The van der Waals surface area contributed by atoms with Gasteiger partial charge in [-0.15, -0.1) is 0 Å². The Bertz CT molecular complexity index is 584. The molecule has 108 valence electrons. The summed E-state index contributed by atoms with van der Waals surface area (Å²) in [6.45, 7) is 9.13. The number of nitrogen functional groups attached to an aromatic ring is 1. The van der Waals surface area contributed by atoms with E-state index < -0.39 is 0 Å². The summed E-state index contributed by atoms with van der Waals surface area (Å²) in [4.78, 5) is 0. The van der Waals surface area contributed by atoms with E-state index in [0.29, 0.717) is 6.04 Å². The van der Waals surface area contributed by atoms with Gasteiger partial charge >= 0.3 is 0 Å². The third-order valence-electron chi connectivity index (χ3n) is 3.41. The van der Waals surface area contributed by atoms with Gasteiger partial charge in [-0.05, 0) is 39.7 Å². The maximum Gasteiger partial charge on any atom is 0.148 e. The third-order valence-corrected chi connectivity index (χ3v) is 3.41. The highest BCUT2D eigenvalue weighted by Crippen LogP contribution is 2.25. The van der Waals surface area contributed by atoms with Crippen LogP contribution in [0.3, 0.4) is 0 Å². The van der Waals surface area contributed by atoms with Crippen molar-refractivity contribution < 1.29 is 0 Å². The first kappa shape index (κ1) is 14.4. The molecule has 0 bridgehead atoms. The van der Waals surface area contributed by atoms with Gasteiger partial charge in [0, 0.05) is 12.6 Å². The van der Waals surface area contributed by atoms with Crippen LogP contribution in [-0.4, -0.2) is 16.3 Å². The van der Waals surface area contributed by atoms with Crippen LogP contribution in [-0.2, 0) is 6.42 Å². The monoisotopic (exact) mass is 272 g/mol. The van der Waals surface area contributed by atoms with E-state index >= 15 is 0 Å². The van der Waals surface area contributed by atoms with Crippen molar-refractivity contribution in [2.45, 2.75) is 40.2 Å². The van der Waals surface area contributed by atoms with Crippen molar-refractivity contribution in [2.75, 3.05) is 17.6 Å². The van der Waals surface area contributed by atoms with Crippen molar-refractivity contribution in [1.82, 2.24) is 9.78 Å². The van der Waals surface area contributed by atoms with E-state index in [1.807, 2.05) is 11.6 Å². The highest BCUT2D eigenvalue weighted by atomic mass is 15.4. The average Bonchev–Trinajstić information content (AvgIpc) is 2.67. The minimum Gasteiger partial charge on any atom is -0.394 e. The quantitative estimate of drug-likeness (QED) is 0.878. The van der Waals surface area contributed by atoms with Crippen LogP contribution in [0.5, 0.6) is 0 Å². The van der Waals surface area contributed by atoms with Crippen LogP contribution >= 0.6 is 0 Å². The number of aryl methyl sites for hydroxylation is 2. The molecule has 0 spiro atoms. The number of hydrogen-bond donors (Lipinski definition) is 2. The fraction of sp³-hybridized carbons (Fsp3) is 0.438. The molecule has 0 unspecified atom stereocenters. The van der Waals surface area contributed by atoms with Crippen molar-refractivity contribution in [3.8, 4) is 0 Å². The molecule has 0 atom stereocenters. The van der Waals surface area contributed by atoms with Crippen molar-refractivity contribution in [3.05, 3.63) is 41.1 Å². The van der Waals surface area contributed by atoms with Crippen molar-refractivity contribution in [2.24, 2.45) is 0 Å². The molecule has 2 aromatic rings. The molecule has 4 heteroatoms. The first-order valence-corrected chi connectivity index (χ1v) is 7.13. The van der Waals surface area contributed by atoms with Crippen molar-refractivity contribution >= 4 is 11.5 Å². The Morgan fingerprint density at radius 3 is 2.70 bits per heavy atom. The van der Waals surface area contributed by atoms with Crippen molar-refractivity contribution in [1.29, 1.82) is 0 Å². The lowest BCUT2D eigenvalue weighted by atomic mass is 10.1. The zero-order chi connectivity index (χ0) is 14.7. The maximum atomic E-state index is 6.10. The van der Waals surface area contributed by atoms with Gasteiger partial charge in [-0.25, -0.2) is 4.68 Å². The fourth-order valence-electron chi connectivity index (χ4n) is 2.30. The van der Waals surface area contributed by atoms with Crippen molar-refractivity contribution in [3.63, 3.8) is 0 Å². The van der Waals surface area contributed by atoms with Crippen LogP contribution in [0.15, 0.2) is 24.3 Å². The number of benzene rings is 1. The Morgan fingerprint density at radius 2 is 2.05 bits per heavy atom. The summed E-state index contributed by atoms with van der Waals surface area (Å²) in [7, 11) is 0. The lowest BCUT2D eigenvalue weighted by molar-refractivity contribution is 0.534. The van der Waals surface area contributed by atoms with Gasteiger partial charge in [0.1, 0.15) is 5.82 Å². The molecule has 2 rings (SSSR count). The van der Waals surface area contributed by atoms with E-state index in [1.54, 1.807) is 0 Å². The first-order chi connectivity index (χ1) is 9.49. The predicted molar refractivity (Wildman–Crippen MR) is 85.1 cm³/mol. The Labute approximate surface area is 121 Å². The molecule has 0 saturated carbocycles. The largest absolute Gasteiger partial charge is 0.394 e. The fourth-order valence-corrected chi connectivity index (χ4v) is 2.30. The number of rotatable bonds is 5. The van der Waals surface area contributed by atoms with Gasteiger partial charge in [-0.2, -0.15) is 5.10 Å². The SMILES string of the molecule is Cc1cccc(CCNc2c(N)c(C)nn2C(C)C)c1. The van der Waals surface area contributed by atoms with Crippen LogP contribution in [0.2, 0.25) is 0 Å². The molecule has 1 aromatic heterocycles. The van der Waals surface area contributed by atoms with Gasteiger partial charge in [0.05, 0.1) is 11.4 Å². The zero-order valence-electron chi connectivity index (χ0n) is 12.8. The lowest BCUT2D eigenvalue weighted by Crippen LogP contribution is -2.13. The van der Waals surface area contributed by atoms with Crippen LogP contribution in [0.25, 0.3) is 0 Å². The molecule has 0 aliphatic rings. The second-order valence-electron chi connectivity index (χ2n) is 5.55. The molecule has 0 amide bonds. The molecule has 0 radical (unpaired) electrons. The minimum atomic E-state index is 0.299. The first-order valence-electron chi connectivity index (χ1n) is 7.13. The summed E-state index contributed by atoms with van der Waals surface area (Å²) >= 11 is 0. The van der Waals surface area contributed by atoms with Gasteiger partial charge in [0.2, 0.25) is 0 Å². The Balaban J connectivity index is 2.04. The summed E-state index contributed by atoms with van der Waals surface area (Å²) in [6, 6.07) is 8.89. The molecule has 0 fully saturated rings. The van der Waals surface area contributed by atoms with E-state index in [1.165, 1.54) is 11.1 Å². The predicted octanol–water partition coefficient (Wildman–Crippen LogP) is 3.32. The molecule has 20 heavy (non-hydrogen) atoms. The van der Waals surface area contributed by atoms with Gasteiger partial charge in [0.15, 0.2) is 0 Å². The van der Waals surface area contributed by atoms with Crippen LogP contribution in [0.1, 0.15) is 36.7 Å². The molecule has 1 aromatic carbocycles. The number of nitrogens with two attached hydrogens (primary N) is 1. The van der Waals surface area contributed by atoms with E-state index in [9.17, 15) is 0 Å². The highest BCUT2D eigenvalue weighted by molar-refractivity contribution is 5.64. The number of nitrogens with one attached hydrogen (secondary N) is 1. The second kappa shape index (κ2) is 5.99. The molecule has 3 N–H and O–H groups in total. The van der Waals surface area contributed by atoms with Crippen LogP contribution in [0, 0.1) is 13.8 Å². The Hall–Kier alpha value is -1.97. The number of hydrogen-bond acceptors (Lipinski definition) is 3. The average molecular weight is 272 g/mol. The topological polar surface area (TPSA) is 55.9 Å². The number of anilines is 2. The molecular weight excluding hydrogens is 248 g/mol. The lowest BCUT2D eigenvalue weighted by Gasteiger charge is -2.13. The second-order valence-corrected chi connectivity index (χ2v) is 5.55. The molecule has 0 aliphatic carbocycles. The molecule has 1 heterocycles. The smallest absolute Gasteiger partial charge is 0.148 e. The standard InChI is InChI=1S/C16H24N4/c1-11(2)20-16(15(17)13(4)19-20)18-9-8-14-7-5-6-12(3)10-14/h5-7,10-11,18H,8-9,17H2,1-4H3. The third kappa shape index (κ3) is 3.13. The van der Waals surface area contributed by atoms with E-state index in [2.05, 4.69) is 55.5 Å².